The largest absolute Gasteiger partial charge is 0.480 e. The number of piperidine rings is 1. The molecule has 3 N–H and O–H groups in total. The van der Waals surface area contributed by atoms with Gasteiger partial charge in [-0.05, 0) is 38.3 Å². The summed E-state index contributed by atoms with van der Waals surface area (Å²) < 4.78 is 13.8. The van der Waals surface area contributed by atoms with Gasteiger partial charge in [-0.15, -0.1) is 0 Å². The molecule has 1 saturated heterocycles. The lowest BCUT2D eigenvalue weighted by molar-refractivity contribution is -0.143. The van der Waals surface area contributed by atoms with Crippen molar-refractivity contribution in [3.8, 4) is 0 Å². The van der Waals surface area contributed by atoms with E-state index < -0.39 is 23.2 Å². The first-order valence-electron chi connectivity index (χ1n) is 6.47. The van der Waals surface area contributed by atoms with E-state index in [4.69, 9.17) is 5.73 Å². The summed E-state index contributed by atoms with van der Waals surface area (Å²) in [5.74, 6) is -2.61. The number of aliphatic carboxylic acids is 1. The minimum atomic E-state index is -1.16. The number of halogens is 1. The highest BCUT2D eigenvalue weighted by atomic mass is 19.1. The number of benzene rings is 1. The molecule has 1 amide bonds. The zero-order chi connectivity index (χ0) is 14.9. The number of nitrogens with two attached hydrogens (primary N) is 1. The van der Waals surface area contributed by atoms with Gasteiger partial charge in [0.05, 0.1) is 11.3 Å². The first-order valence-corrected chi connectivity index (χ1v) is 6.47. The number of anilines is 1. The maximum Gasteiger partial charge on any atom is 0.329 e. The summed E-state index contributed by atoms with van der Waals surface area (Å²) in [7, 11) is 0. The van der Waals surface area contributed by atoms with Gasteiger partial charge in [-0.1, -0.05) is 6.07 Å². The molecule has 1 aromatic rings. The SMILES string of the molecule is CC1(C(=O)O)CCCCN1c1cccc(F)c1C(N)=O. The molecule has 5 nitrogen and oxygen atoms in total. The lowest BCUT2D eigenvalue weighted by Crippen LogP contribution is -2.56. The van der Waals surface area contributed by atoms with Crippen molar-refractivity contribution in [1.82, 2.24) is 0 Å². The number of carboxylic acid groups (broad SMARTS) is 1. The second kappa shape index (κ2) is 5.11. The van der Waals surface area contributed by atoms with Crippen molar-refractivity contribution in [2.75, 3.05) is 11.4 Å². The van der Waals surface area contributed by atoms with E-state index in [0.29, 0.717) is 13.0 Å². The molecule has 1 aliphatic rings. The second-order valence-electron chi connectivity index (χ2n) is 5.19. The van der Waals surface area contributed by atoms with Crippen molar-refractivity contribution < 1.29 is 19.1 Å². The molecule has 0 bridgehead atoms. The summed E-state index contributed by atoms with van der Waals surface area (Å²) in [6, 6.07) is 4.13. The molecular formula is C14H17FN2O3. The Morgan fingerprint density at radius 2 is 2.10 bits per heavy atom. The topological polar surface area (TPSA) is 83.6 Å². The standard InChI is InChI=1S/C14H17FN2O3/c1-14(13(19)20)7-2-3-8-17(14)10-6-4-5-9(15)11(10)12(16)18/h4-6H,2-3,7-8H2,1H3,(H2,16,18)(H,19,20). The number of primary amides is 1. The maximum absolute atomic E-state index is 13.8. The highest BCUT2D eigenvalue weighted by Crippen LogP contribution is 2.35. The molecule has 0 spiro atoms. The molecule has 0 aliphatic carbocycles. The summed E-state index contributed by atoms with van der Waals surface area (Å²) >= 11 is 0. The Hall–Kier alpha value is -2.11. The van der Waals surface area contributed by atoms with Gasteiger partial charge in [0.15, 0.2) is 0 Å². The fraction of sp³-hybridized carbons (Fsp3) is 0.429. The van der Waals surface area contributed by atoms with Gasteiger partial charge in [-0.2, -0.15) is 0 Å². The summed E-state index contributed by atoms with van der Waals surface area (Å²) in [4.78, 5) is 24.6. The second-order valence-corrected chi connectivity index (χ2v) is 5.19. The fourth-order valence-corrected chi connectivity index (χ4v) is 2.71. The first kappa shape index (κ1) is 14.3. The third kappa shape index (κ3) is 2.21. The van der Waals surface area contributed by atoms with Gasteiger partial charge >= 0.3 is 5.97 Å². The Kier molecular flexibility index (Phi) is 3.65. The lowest BCUT2D eigenvalue weighted by atomic mass is 9.87. The Bertz CT molecular complexity index is 561. The van der Waals surface area contributed by atoms with Gasteiger partial charge in [0.2, 0.25) is 0 Å². The molecule has 2 rings (SSSR count). The van der Waals surface area contributed by atoms with Crippen molar-refractivity contribution in [2.24, 2.45) is 5.73 Å². The van der Waals surface area contributed by atoms with Gasteiger partial charge in [-0.3, -0.25) is 4.79 Å². The zero-order valence-electron chi connectivity index (χ0n) is 11.2. The molecule has 1 fully saturated rings. The summed E-state index contributed by atoms with van der Waals surface area (Å²) in [6.07, 6.45) is 2.01. The smallest absolute Gasteiger partial charge is 0.329 e. The number of rotatable bonds is 3. The van der Waals surface area contributed by atoms with Gasteiger partial charge in [0.1, 0.15) is 11.4 Å². The minimum Gasteiger partial charge on any atom is -0.480 e. The van der Waals surface area contributed by atoms with Crippen LogP contribution in [0.1, 0.15) is 36.5 Å². The van der Waals surface area contributed by atoms with Crippen molar-refractivity contribution in [1.29, 1.82) is 0 Å². The third-order valence-electron chi connectivity index (χ3n) is 3.88. The van der Waals surface area contributed by atoms with Gasteiger partial charge in [0, 0.05) is 6.54 Å². The van der Waals surface area contributed by atoms with E-state index in [-0.39, 0.29) is 11.3 Å². The number of hydrogen-bond acceptors (Lipinski definition) is 3. The molecule has 0 saturated carbocycles. The van der Waals surface area contributed by atoms with Crippen LogP contribution < -0.4 is 10.6 Å². The van der Waals surface area contributed by atoms with Crippen LogP contribution in [0.25, 0.3) is 0 Å². The lowest BCUT2D eigenvalue weighted by Gasteiger charge is -2.43. The quantitative estimate of drug-likeness (QED) is 0.883. The van der Waals surface area contributed by atoms with E-state index >= 15 is 0 Å². The predicted molar refractivity (Wildman–Crippen MR) is 72.2 cm³/mol. The van der Waals surface area contributed by atoms with E-state index in [9.17, 15) is 19.1 Å². The van der Waals surface area contributed by atoms with Crippen molar-refractivity contribution >= 4 is 17.6 Å². The molecule has 0 radical (unpaired) electrons. The Labute approximate surface area is 116 Å². The number of hydrogen-bond donors (Lipinski definition) is 2. The van der Waals surface area contributed by atoms with E-state index in [2.05, 4.69) is 0 Å². The normalized spacial score (nSPS) is 22.6. The first-order chi connectivity index (χ1) is 9.38. The van der Waals surface area contributed by atoms with Crippen LogP contribution >= 0.6 is 0 Å². The molecule has 1 unspecified atom stereocenters. The molecule has 6 heteroatoms. The highest BCUT2D eigenvalue weighted by molar-refractivity contribution is 6.00. The van der Waals surface area contributed by atoms with Gasteiger partial charge < -0.3 is 15.7 Å². The number of amides is 1. The van der Waals surface area contributed by atoms with Crippen molar-refractivity contribution in [3.63, 3.8) is 0 Å². The summed E-state index contributed by atoms with van der Waals surface area (Å²) in [5.41, 5.74) is 4.08. The molecule has 1 atom stereocenters. The van der Waals surface area contributed by atoms with Crippen LogP contribution in [0, 0.1) is 5.82 Å². The van der Waals surface area contributed by atoms with E-state index in [1.807, 2.05) is 0 Å². The maximum atomic E-state index is 13.8. The van der Waals surface area contributed by atoms with Gasteiger partial charge in [-0.25, -0.2) is 9.18 Å². The van der Waals surface area contributed by atoms with Gasteiger partial charge in [0.25, 0.3) is 5.91 Å². The molecule has 1 aliphatic heterocycles. The molecule has 108 valence electrons. The van der Waals surface area contributed by atoms with Crippen LogP contribution in [0.3, 0.4) is 0 Å². The minimum absolute atomic E-state index is 0.248. The molecule has 1 aromatic carbocycles. The van der Waals surface area contributed by atoms with E-state index in [1.54, 1.807) is 11.8 Å². The highest BCUT2D eigenvalue weighted by Gasteiger charge is 2.42. The predicted octanol–water partition coefficient (Wildman–Crippen LogP) is 1.76. The van der Waals surface area contributed by atoms with Crippen LogP contribution in [0.15, 0.2) is 18.2 Å². The summed E-state index contributed by atoms with van der Waals surface area (Å²) in [5, 5.41) is 9.48. The molecule has 20 heavy (non-hydrogen) atoms. The number of carbonyl (C=O) groups excluding carboxylic acids is 1. The van der Waals surface area contributed by atoms with E-state index in [1.165, 1.54) is 12.1 Å². The molecule has 1 heterocycles. The Morgan fingerprint density at radius 1 is 1.40 bits per heavy atom. The number of carbonyl (C=O) groups is 2. The Balaban J connectivity index is 2.57. The van der Waals surface area contributed by atoms with Crippen LogP contribution in [-0.4, -0.2) is 29.1 Å². The monoisotopic (exact) mass is 280 g/mol. The summed E-state index contributed by atoms with van der Waals surface area (Å²) in [6.45, 7) is 2.04. The van der Waals surface area contributed by atoms with Crippen molar-refractivity contribution in [3.05, 3.63) is 29.6 Å². The van der Waals surface area contributed by atoms with Crippen LogP contribution in [0.2, 0.25) is 0 Å². The van der Waals surface area contributed by atoms with Crippen LogP contribution in [0.5, 0.6) is 0 Å². The molecule has 0 aromatic heterocycles. The van der Waals surface area contributed by atoms with Crippen LogP contribution in [0.4, 0.5) is 10.1 Å². The van der Waals surface area contributed by atoms with E-state index in [0.717, 1.165) is 18.9 Å². The number of carboxylic acids is 1. The average Bonchev–Trinajstić information content (AvgIpc) is 2.38. The van der Waals surface area contributed by atoms with Crippen LogP contribution in [-0.2, 0) is 4.79 Å². The number of nitrogens with zero attached hydrogens (tertiary/aromatic N) is 1. The Morgan fingerprint density at radius 3 is 2.70 bits per heavy atom. The fourth-order valence-electron chi connectivity index (χ4n) is 2.71. The van der Waals surface area contributed by atoms with Crippen molar-refractivity contribution in [2.45, 2.75) is 31.7 Å². The molecular weight excluding hydrogens is 263 g/mol. The zero-order valence-corrected chi connectivity index (χ0v) is 11.2. The average molecular weight is 280 g/mol. The third-order valence-corrected chi connectivity index (χ3v) is 3.88.